The third kappa shape index (κ3) is 4.32. The van der Waals surface area contributed by atoms with Crippen molar-refractivity contribution >= 4 is 5.91 Å². The molecule has 0 unspecified atom stereocenters. The Balaban J connectivity index is 1.38. The largest absolute Gasteiger partial charge is 0.497 e. The van der Waals surface area contributed by atoms with Gasteiger partial charge in [-0.2, -0.15) is 0 Å². The number of amides is 1. The van der Waals surface area contributed by atoms with Gasteiger partial charge in [-0.15, -0.1) is 0 Å². The van der Waals surface area contributed by atoms with Crippen LogP contribution in [-0.4, -0.2) is 49.0 Å². The summed E-state index contributed by atoms with van der Waals surface area (Å²) in [4.78, 5) is 17.6. The second kappa shape index (κ2) is 9.00. The molecule has 154 valence electrons. The van der Waals surface area contributed by atoms with Crippen LogP contribution in [0.15, 0.2) is 54.6 Å². The number of hydrogen-bond donors (Lipinski definition) is 0. The Bertz CT molecular complexity index is 789. The molecule has 0 bridgehead atoms. The average Bonchev–Trinajstić information content (AvgIpc) is 3.34. The zero-order valence-electron chi connectivity index (χ0n) is 17.5. The quantitative estimate of drug-likeness (QED) is 0.737. The minimum atomic E-state index is 0.102. The van der Waals surface area contributed by atoms with Crippen LogP contribution < -0.4 is 4.74 Å². The minimum absolute atomic E-state index is 0.102. The summed E-state index contributed by atoms with van der Waals surface area (Å²) >= 11 is 0. The zero-order valence-corrected chi connectivity index (χ0v) is 17.5. The Morgan fingerprint density at radius 1 is 0.931 bits per heavy atom. The van der Waals surface area contributed by atoms with E-state index < -0.39 is 0 Å². The number of piperidine rings is 1. The lowest BCUT2D eigenvalue weighted by Crippen LogP contribution is -2.53. The summed E-state index contributed by atoms with van der Waals surface area (Å²) in [5.41, 5.74) is 2.71. The number of nitrogens with zero attached hydrogens (tertiary/aromatic N) is 2. The lowest BCUT2D eigenvalue weighted by atomic mass is 9.79. The zero-order chi connectivity index (χ0) is 20.1. The van der Waals surface area contributed by atoms with Crippen molar-refractivity contribution in [2.24, 2.45) is 0 Å². The van der Waals surface area contributed by atoms with E-state index in [0.29, 0.717) is 6.42 Å². The van der Waals surface area contributed by atoms with Gasteiger partial charge >= 0.3 is 0 Å². The van der Waals surface area contributed by atoms with E-state index >= 15 is 0 Å². The molecule has 4 rings (SSSR count). The summed E-state index contributed by atoms with van der Waals surface area (Å²) in [5.74, 6) is 1.14. The first kappa shape index (κ1) is 20.0. The summed E-state index contributed by atoms with van der Waals surface area (Å²) in [6.07, 6.45) is 6.01. The first-order chi connectivity index (χ1) is 14.2. The molecule has 4 nitrogen and oxygen atoms in total. The smallest absolute Gasteiger partial charge is 0.222 e. The molecule has 4 heteroatoms. The molecule has 0 atom stereocenters. The van der Waals surface area contributed by atoms with Gasteiger partial charge in [0.15, 0.2) is 0 Å². The molecule has 0 spiro atoms. The van der Waals surface area contributed by atoms with E-state index in [4.69, 9.17) is 4.74 Å². The van der Waals surface area contributed by atoms with Gasteiger partial charge in [-0.25, -0.2) is 0 Å². The van der Waals surface area contributed by atoms with Crippen molar-refractivity contribution < 1.29 is 9.53 Å². The van der Waals surface area contributed by atoms with Crippen LogP contribution in [0.4, 0.5) is 0 Å². The van der Waals surface area contributed by atoms with E-state index in [9.17, 15) is 4.79 Å². The van der Waals surface area contributed by atoms with Crippen molar-refractivity contribution in [3.05, 3.63) is 65.7 Å². The summed E-state index contributed by atoms with van der Waals surface area (Å²) in [6.45, 7) is 4.07. The van der Waals surface area contributed by atoms with Crippen LogP contribution in [0.25, 0.3) is 0 Å². The van der Waals surface area contributed by atoms with Crippen LogP contribution in [0.2, 0.25) is 0 Å². The molecule has 29 heavy (non-hydrogen) atoms. The third-order valence-electron chi connectivity index (χ3n) is 6.75. The monoisotopic (exact) mass is 392 g/mol. The number of rotatable bonds is 6. The number of carbonyl (C=O) groups excluding carboxylic acids is 1. The molecule has 2 aliphatic heterocycles. The first-order valence-electron chi connectivity index (χ1n) is 10.9. The molecular formula is C25H32N2O2. The molecule has 0 N–H and O–H groups in total. The maximum atomic E-state index is 12.9. The van der Waals surface area contributed by atoms with E-state index in [1.54, 1.807) is 7.11 Å². The van der Waals surface area contributed by atoms with E-state index in [2.05, 4.69) is 52.3 Å². The van der Waals surface area contributed by atoms with Gasteiger partial charge in [-0.05, 0) is 68.5 Å². The van der Waals surface area contributed by atoms with Crippen LogP contribution in [0.5, 0.6) is 5.75 Å². The SMILES string of the molecule is COc1ccc(CCC(=O)N2CCC(c3ccccc3)(N3CCCC3)CC2)cc1. The third-order valence-corrected chi connectivity index (χ3v) is 6.75. The van der Waals surface area contributed by atoms with Crippen LogP contribution >= 0.6 is 0 Å². The highest BCUT2D eigenvalue weighted by atomic mass is 16.5. The molecule has 2 aromatic carbocycles. The number of aryl methyl sites for hydroxylation is 1. The number of carbonyl (C=O) groups is 1. The average molecular weight is 393 g/mol. The number of likely N-dealkylation sites (tertiary alicyclic amines) is 2. The fraction of sp³-hybridized carbons (Fsp3) is 0.480. The molecule has 2 aromatic rings. The predicted octanol–water partition coefficient (Wildman–Crippen LogP) is 4.24. The number of hydrogen-bond acceptors (Lipinski definition) is 3. The Morgan fingerprint density at radius 2 is 1.59 bits per heavy atom. The molecule has 0 aliphatic carbocycles. The van der Waals surface area contributed by atoms with Gasteiger partial charge in [0.25, 0.3) is 0 Å². The maximum Gasteiger partial charge on any atom is 0.222 e. The highest BCUT2D eigenvalue weighted by molar-refractivity contribution is 5.76. The Hall–Kier alpha value is -2.33. The Kier molecular flexibility index (Phi) is 6.19. The van der Waals surface area contributed by atoms with E-state index in [-0.39, 0.29) is 11.4 Å². The van der Waals surface area contributed by atoms with Gasteiger partial charge in [-0.3, -0.25) is 9.69 Å². The summed E-state index contributed by atoms with van der Waals surface area (Å²) in [7, 11) is 1.67. The lowest BCUT2D eigenvalue weighted by Gasteiger charge is -2.48. The number of benzene rings is 2. The molecule has 2 saturated heterocycles. The van der Waals surface area contributed by atoms with Gasteiger partial charge in [-0.1, -0.05) is 42.5 Å². The van der Waals surface area contributed by atoms with Crippen LogP contribution in [0, 0.1) is 0 Å². The van der Waals surface area contributed by atoms with E-state index in [0.717, 1.165) is 38.1 Å². The fourth-order valence-electron chi connectivity index (χ4n) is 5.01. The van der Waals surface area contributed by atoms with Gasteiger partial charge in [0.05, 0.1) is 7.11 Å². The van der Waals surface area contributed by atoms with Crippen molar-refractivity contribution in [1.82, 2.24) is 9.80 Å². The molecule has 2 aliphatic rings. The van der Waals surface area contributed by atoms with Crippen molar-refractivity contribution in [2.45, 2.75) is 44.1 Å². The predicted molar refractivity (Wildman–Crippen MR) is 116 cm³/mol. The normalized spacial score (nSPS) is 19.3. The lowest BCUT2D eigenvalue weighted by molar-refractivity contribution is -0.134. The maximum absolute atomic E-state index is 12.9. The molecular weight excluding hydrogens is 360 g/mol. The van der Waals surface area contributed by atoms with Crippen molar-refractivity contribution in [2.75, 3.05) is 33.3 Å². The molecule has 2 heterocycles. The topological polar surface area (TPSA) is 32.8 Å². The van der Waals surface area contributed by atoms with Crippen LogP contribution in [-0.2, 0) is 16.8 Å². The van der Waals surface area contributed by atoms with Crippen molar-refractivity contribution in [1.29, 1.82) is 0 Å². The Labute approximate surface area is 174 Å². The molecule has 1 amide bonds. The standard InChI is InChI=1S/C25H32N2O2/c1-29-23-12-9-21(10-13-23)11-14-24(28)26-19-15-25(16-20-26,27-17-5-6-18-27)22-7-3-2-4-8-22/h2-4,7-10,12-13H,5-6,11,14-20H2,1H3. The second-order valence-electron chi connectivity index (χ2n) is 8.32. The van der Waals surface area contributed by atoms with Crippen LogP contribution in [0.3, 0.4) is 0 Å². The van der Waals surface area contributed by atoms with Gasteiger partial charge in [0.2, 0.25) is 5.91 Å². The van der Waals surface area contributed by atoms with Gasteiger partial charge in [0, 0.05) is 25.0 Å². The highest BCUT2D eigenvalue weighted by Gasteiger charge is 2.42. The second-order valence-corrected chi connectivity index (χ2v) is 8.32. The van der Waals surface area contributed by atoms with Crippen LogP contribution in [0.1, 0.15) is 43.2 Å². The first-order valence-corrected chi connectivity index (χ1v) is 10.9. The van der Waals surface area contributed by atoms with E-state index in [1.807, 2.05) is 12.1 Å². The Morgan fingerprint density at radius 3 is 2.21 bits per heavy atom. The summed E-state index contributed by atoms with van der Waals surface area (Å²) < 4.78 is 5.21. The highest BCUT2D eigenvalue weighted by Crippen LogP contribution is 2.40. The summed E-state index contributed by atoms with van der Waals surface area (Å²) in [5, 5.41) is 0. The molecule has 2 fully saturated rings. The van der Waals surface area contributed by atoms with Gasteiger partial charge < -0.3 is 9.64 Å². The van der Waals surface area contributed by atoms with Gasteiger partial charge in [0.1, 0.15) is 5.75 Å². The fourth-order valence-corrected chi connectivity index (χ4v) is 5.01. The number of ether oxygens (including phenoxy) is 1. The molecule has 0 radical (unpaired) electrons. The molecule has 0 aromatic heterocycles. The van der Waals surface area contributed by atoms with Crippen molar-refractivity contribution in [3.63, 3.8) is 0 Å². The van der Waals surface area contributed by atoms with Crippen molar-refractivity contribution in [3.8, 4) is 5.75 Å². The summed E-state index contributed by atoms with van der Waals surface area (Å²) in [6, 6.07) is 19.0. The van der Waals surface area contributed by atoms with E-state index in [1.165, 1.54) is 37.1 Å². The molecule has 0 saturated carbocycles. The minimum Gasteiger partial charge on any atom is -0.497 e. The number of methoxy groups -OCH3 is 1.